The van der Waals surface area contributed by atoms with Gasteiger partial charge in [-0.1, -0.05) is 74.5 Å². The van der Waals surface area contributed by atoms with E-state index in [0.717, 1.165) is 48.3 Å². The predicted octanol–water partition coefficient (Wildman–Crippen LogP) is 5.25. The summed E-state index contributed by atoms with van der Waals surface area (Å²) in [6, 6.07) is 24.6. The van der Waals surface area contributed by atoms with Gasteiger partial charge in [-0.25, -0.2) is 12.4 Å². The van der Waals surface area contributed by atoms with E-state index in [2.05, 4.69) is 30.8 Å². The lowest BCUT2D eigenvalue weighted by Gasteiger charge is -2.30. The molecule has 1 aromatic heterocycles. The molecule has 1 fully saturated rings. The van der Waals surface area contributed by atoms with Gasteiger partial charge in [0.25, 0.3) is 10.0 Å². The number of fused-ring (bicyclic) bond motifs is 1. The Balaban J connectivity index is 1.72. The van der Waals surface area contributed by atoms with Crippen LogP contribution in [0.1, 0.15) is 30.9 Å². The molecule has 0 unspecified atom stereocenters. The zero-order valence-corrected chi connectivity index (χ0v) is 21.8. The molecule has 1 aliphatic rings. The summed E-state index contributed by atoms with van der Waals surface area (Å²) in [6.07, 6.45) is 1.84. The van der Waals surface area contributed by atoms with Crippen LogP contribution in [0.2, 0.25) is 0 Å². The van der Waals surface area contributed by atoms with Crippen molar-refractivity contribution in [3.8, 4) is 11.3 Å². The Bertz CT molecular complexity index is 1480. The van der Waals surface area contributed by atoms with E-state index in [0.29, 0.717) is 17.1 Å². The highest BCUT2D eigenvalue weighted by Crippen LogP contribution is 2.36. The number of piperazine rings is 1. The molecule has 1 aliphatic heterocycles. The molecule has 0 aliphatic carbocycles. The van der Waals surface area contributed by atoms with E-state index in [-0.39, 0.29) is 4.90 Å². The van der Waals surface area contributed by atoms with Crippen molar-refractivity contribution in [1.82, 2.24) is 13.9 Å². The Morgan fingerprint density at radius 1 is 0.833 bits per heavy atom. The first-order valence-electron chi connectivity index (χ1n) is 12.4. The van der Waals surface area contributed by atoms with Gasteiger partial charge in [0.15, 0.2) is 0 Å². The van der Waals surface area contributed by atoms with Crippen molar-refractivity contribution in [3.63, 3.8) is 0 Å². The maximum Gasteiger partial charge on any atom is 0.268 e. The molecule has 186 valence electrons. The van der Waals surface area contributed by atoms with E-state index in [1.54, 1.807) is 12.1 Å². The predicted molar refractivity (Wildman–Crippen MR) is 147 cm³/mol. The van der Waals surface area contributed by atoms with Gasteiger partial charge < -0.3 is 4.90 Å². The number of para-hydroxylation sites is 1. The summed E-state index contributed by atoms with van der Waals surface area (Å²) in [7, 11) is -1.77. The first-order chi connectivity index (χ1) is 17.4. The number of benzene rings is 3. The summed E-state index contributed by atoms with van der Waals surface area (Å²) in [6.45, 7) is 7.78. The summed E-state index contributed by atoms with van der Waals surface area (Å²) in [4.78, 5) is 2.55. The Labute approximate surface area is 213 Å². The number of rotatable bonds is 6. The fourth-order valence-corrected chi connectivity index (χ4v) is 6.22. The molecule has 0 amide bonds. The molecule has 7 heteroatoms. The van der Waals surface area contributed by atoms with Crippen molar-refractivity contribution < 1.29 is 8.42 Å². The second kappa shape index (κ2) is 9.91. The third kappa shape index (κ3) is 4.56. The maximum atomic E-state index is 14.2. The average molecular weight is 501 g/mol. The van der Waals surface area contributed by atoms with Crippen LogP contribution >= 0.6 is 0 Å². The second-order valence-corrected chi connectivity index (χ2v) is 11.4. The smallest absolute Gasteiger partial charge is 0.268 e. The van der Waals surface area contributed by atoms with E-state index >= 15 is 0 Å². The number of likely N-dealkylation sites (N-methyl/N-ethyl adjacent to an activating group) is 1. The molecule has 36 heavy (non-hydrogen) atoms. The standard InChI is InChI=1S/C29H32N4O2S/c1-22(2)23-13-15-25(16-14-23)36(34,35)33-28-12-8-7-11-26(28)27(29(33)24-9-5-4-6-10-24)21-30-32-19-17-31(3)18-20-32/h4-16,21-22H,17-20H2,1-3H3/b30-21+. The van der Waals surface area contributed by atoms with Crippen LogP contribution in [-0.4, -0.2) is 61.7 Å². The molecule has 6 nitrogen and oxygen atoms in total. The third-order valence-electron chi connectivity index (χ3n) is 6.83. The second-order valence-electron chi connectivity index (χ2n) is 9.64. The van der Waals surface area contributed by atoms with Crippen LogP contribution in [0.3, 0.4) is 0 Å². The van der Waals surface area contributed by atoms with Crippen molar-refractivity contribution in [1.29, 1.82) is 0 Å². The van der Waals surface area contributed by atoms with Crippen molar-refractivity contribution >= 4 is 27.1 Å². The highest BCUT2D eigenvalue weighted by atomic mass is 32.2. The molecule has 0 saturated carbocycles. The molecule has 0 radical (unpaired) electrons. The summed E-state index contributed by atoms with van der Waals surface area (Å²) in [5.41, 5.74) is 4.01. The fourth-order valence-electron chi connectivity index (χ4n) is 4.67. The maximum absolute atomic E-state index is 14.2. The third-order valence-corrected chi connectivity index (χ3v) is 8.56. The minimum atomic E-state index is -3.88. The van der Waals surface area contributed by atoms with Gasteiger partial charge in [-0.3, -0.25) is 5.01 Å². The van der Waals surface area contributed by atoms with Crippen LogP contribution in [0, 0.1) is 0 Å². The summed E-state index contributed by atoms with van der Waals surface area (Å²) >= 11 is 0. The van der Waals surface area contributed by atoms with Gasteiger partial charge in [-0.2, -0.15) is 5.10 Å². The largest absolute Gasteiger partial charge is 0.303 e. The lowest BCUT2D eigenvalue weighted by Crippen LogP contribution is -2.41. The van der Waals surface area contributed by atoms with Crippen LogP contribution in [0.4, 0.5) is 0 Å². The lowest BCUT2D eigenvalue weighted by molar-refractivity contribution is 0.159. The van der Waals surface area contributed by atoms with E-state index in [4.69, 9.17) is 5.10 Å². The first kappa shape index (κ1) is 24.3. The Kier molecular flexibility index (Phi) is 6.69. The van der Waals surface area contributed by atoms with E-state index in [1.165, 1.54) is 3.97 Å². The normalized spacial score (nSPS) is 15.4. The van der Waals surface area contributed by atoms with Gasteiger partial charge in [0.1, 0.15) is 0 Å². The fraction of sp³-hybridized carbons (Fsp3) is 0.276. The zero-order chi connectivity index (χ0) is 25.3. The lowest BCUT2D eigenvalue weighted by atomic mass is 10.0. The van der Waals surface area contributed by atoms with Crippen molar-refractivity contribution in [2.45, 2.75) is 24.7 Å². The van der Waals surface area contributed by atoms with Gasteiger partial charge in [-0.05, 0) is 42.3 Å². The topological polar surface area (TPSA) is 57.9 Å². The molecule has 0 spiro atoms. The first-order valence-corrected chi connectivity index (χ1v) is 13.8. The molecule has 0 atom stereocenters. The van der Waals surface area contributed by atoms with Gasteiger partial charge >= 0.3 is 0 Å². The summed E-state index contributed by atoms with van der Waals surface area (Å²) < 4.78 is 29.9. The quantitative estimate of drug-likeness (QED) is 0.339. The Morgan fingerprint density at radius 3 is 2.14 bits per heavy atom. The molecule has 5 rings (SSSR count). The van der Waals surface area contributed by atoms with Crippen molar-refractivity contribution in [2.24, 2.45) is 5.10 Å². The number of hydrogen-bond acceptors (Lipinski definition) is 5. The van der Waals surface area contributed by atoms with Crippen LogP contribution in [0.15, 0.2) is 88.9 Å². The van der Waals surface area contributed by atoms with E-state index < -0.39 is 10.0 Å². The Morgan fingerprint density at radius 2 is 1.47 bits per heavy atom. The van der Waals surface area contributed by atoms with Crippen LogP contribution in [0.5, 0.6) is 0 Å². The van der Waals surface area contributed by atoms with Crippen molar-refractivity contribution in [2.75, 3.05) is 33.2 Å². The van der Waals surface area contributed by atoms with Crippen molar-refractivity contribution in [3.05, 3.63) is 90.0 Å². The zero-order valence-electron chi connectivity index (χ0n) is 21.0. The minimum Gasteiger partial charge on any atom is -0.303 e. The van der Waals surface area contributed by atoms with Crippen LogP contribution in [-0.2, 0) is 10.0 Å². The molecule has 0 N–H and O–H groups in total. The number of aromatic nitrogens is 1. The SMILES string of the molecule is CC(C)c1ccc(S(=O)(=O)n2c(-c3ccccc3)c(/C=N/N3CCN(C)CC3)c3ccccc32)cc1. The summed E-state index contributed by atoms with van der Waals surface area (Å²) in [5.74, 6) is 0.325. The molecule has 0 bridgehead atoms. The molecule has 4 aromatic rings. The minimum absolute atomic E-state index is 0.271. The molecule has 3 aromatic carbocycles. The van der Waals surface area contributed by atoms with Gasteiger partial charge in [-0.15, -0.1) is 0 Å². The van der Waals surface area contributed by atoms with E-state index in [9.17, 15) is 8.42 Å². The number of hydrazone groups is 1. The Hall–Kier alpha value is -3.42. The van der Waals surface area contributed by atoms with Crippen LogP contribution < -0.4 is 0 Å². The highest BCUT2D eigenvalue weighted by Gasteiger charge is 2.27. The molecular weight excluding hydrogens is 468 g/mol. The summed E-state index contributed by atoms with van der Waals surface area (Å²) in [5, 5.41) is 7.71. The highest BCUT2D eigenvalue weighted by molar-refractivity contribution is 7.90. The molecule has 1 saturated heterocycles. The monoisotopic (exact) mass is 500 g/mol. The number of hydrogen-bond donors (Lipinski definition) is 0. The van der Waals surface area contributed by atoms with Gasteiger partial charge in [0.05, 0.1) is 22.3 Å². The van der Waals surface area contributed by atoms with E-state index in [1.807, 2.05) is 72.9 Å². The molecular formula is C29H32N4O2S. The average Bonchev–Trinajstić information content (AvgIpc) is 3.24. The van der Waals surface area contributed by atoms with Gasteiger partial charge in [0.2, 0.25) is 0 Å². The number of nitrogens with zero attached hydrogens (tertiary/aromatic N) is 4. The molecule has 2 heterocycles. The van der Waals surface area contributed by atoms with Crippen LogP contribution in [0.25, 0.3) is 22.2 Å². The van der Waals surface area contributed by atoms with Gasteiger partial charge in [0, 0.05) is 37.1 Å².